The fourth-order valence-corrected chi connectivity index (χ4v) is 0.634. The number of hydrogen-bond acceptors (Lipinski definition) is 4. The van der Waals surface area contributed by atoms with Crippen LogP contribution in [0.15, 0.2) is 0 Å². The molecule has 0 aliphatic rings. The number of methoxy groups -OCH3 is 1. The van der Waals surface area contributed by atoms with E-state index in [1.54, 1.807) is 0 Å². The third-order valence-corrected chi connectivity index (χ3v) is 1.16. The van der Waals surface area contributed by atoms with Gasteiger partial charge < -0.3 is 10.1 Å². The van der Waals surface area contributed by atoms with Crippen LogP contribution in [0.3, 0.4) is 0 Å². The van der Waals surface area contributed by atoms with Crippen molar-refractivity contribution in [2.45, 2.75) is 0 Å². The van der Waals surface area contributed by atoms with Crippen LogP contribution in [0, 0.1) is 0 Å². The van der Waals surface area contributed by atoms with Crippen molar-refractivity contribution in [3.05, 3.63) is 5.69 Å². The first-order valence-electron chi connectivity index (χ1n) is 2.96. The number of nitrogens with zero attached hydrogens (tertiary/aromatic N) is 2. The zero-order valence-corrected chi connectivity index (χ0v) is 6.21. The lowest BCUT2D eigenvalue weighted by atomic mass is 10.4. The van der Waals surface area contributed by atoms with Crippen LogP contribution in [0.1, 0.15) is 10.5 Å². The Labute approximate surface area is 62.9 Å². The van der Waals surface area contributed by atoms with Gasteiger partial charge in [-0.2, -0.15) is 0 Å². The SMILES string of the molecule is CNC(=O)c1[nH]nnc1OC. The molecule has 0 radical (unpaired) electrons. The second kappa shape index (κ2) is 3.00. The highest BCUT2D eigenvalue weighted by molar-refractivity contribution is 5.93. The molecule has 0 aliphatic heterocycles. The molecule has 6 nitrogen and oxygen atoms in total. The van der Waals surface area contributed by atoms with Crippen molar-refractivity contribution in [3.63, 3.8) is 0 Å². The predicted molar refractivity (Wildman–Crippen MR) is 36.3 cm³/mol. The number of amides is 1. The number of carbonyl (C=O) groups excluding carboxylic acids is 1. The van der Waals surface area contributed by atoms with E-state index in [-0.39, 0.29) is 17.5 Å². The predicted octanol–water partition coefficient (Wildman–Crippen LogP) is -0.827. The highest BCUT2D eigenvalue weighted by Gasteiger charge is 2.13. The van der Waals surface area contributed by atoms with E-state index in [1.165, 1.54) is 14.2 Å². The van der Waals surface area contributed by atoms with Crippen molar-refractivity contribution in [1.29, 1.82) is 0 Å². The summed E-state index contributed by atoms with van der Waals surface area (Å²) >= 11 is 0. The van der Waals surface area contributed by atoms with Crippen molar-refractivity contribution >= 4 is 5.91 Å². The third-order valence-electron chi connectivity index (χ3n) is 1.16. The van der Waals surface area contributed by atoms with Crippen molar-refractivity contribution in [2.24, 2.45) is 0 Å². The van der Waals surface area contributed by atoms with Gasteiger partial charge in [-0.1, -0.05) is 10.3 Å². The van der Waals surface area contributed by atoms with Crippen LogP contribution in [0.4, 0.5) is 0 Å². The third kappa shape index (κ3) is 1.28. The van der Waals surface area contributed by atoms with Gasteiger partial charge in [0.05, 0.1) is 7.11 Å². The molecule has 2 N–H and O–H groups in total. The summed E-state index contributed by atoms with van der Waals surface area (Å²) in [5.41, 5.74) is 0.231. The number of H-pyrrole nitrogens is 1. The number of hydrogen-bond donors (Lipinski definition) is 2. The van der Waals surface area contributed by atoms with E-state index in [4.69, 9.17) is 4.74 Å². The first-order valence-corrected chi connectivity index (χ1v) is 2.96. The minimum atomic E-state index is -0.299. The molecule has 60 valence electrons. The Balaban J connectivity index is 2.92. The normalized spacial score (nSPS) is 9.27. The molecule has 0 aromatic carbocycles. The fraction of sp³-hybridized carbons (Fsp3) is 0.400. The van der Waals surface area contributed by atoms with Crippen molar-refractivity contribution in [2.75, 3.05) is 14.2 Å². The molecule has 11 heavy (non-hydrogen) atoms. The summed E-state index contributed by atoms with van der Waals surface area (Å²) in [5, 5.41) is 11.7. The topological polar surface area (TPSA) is 79.9 Å². The van der Waals surface area contributed by atoms with Crippen LogP contribution in [-0.2, 0) is 0 Å². The Kier molecular flexibility index (Phi) is 2.05. The molecule has 0 aliphatic carbocycles. The highest BCUT2D eigenvalue weighted by Crippen LogP contribution is 2.08. The molecule has 1 aromatic heterocycles. The molecule has 1 rings (SSSR count). The summed E-state index contributed by atoms with van der Waals surface area (Å²) in [6.45, 7) is 0. The quantitative estimate of drug-likeness (QED) is 0.585. The van der Waals surface area contributed by atoms with Gasteiger partial charge in [-0.3, -0.25) is 4.79 Å². The second-order valence-electron chi connectivity index (χ2n) is 1.78. The molecule has 6 heteroatoms. The monoisotopic (exact) mass is 156 g/mol. The lowest BCUT2D eigenvalue weighted by molar-refractivity contribution is 0.0955. The summed E-state index contributed by atoms with van der Waals surface area (Å²) in [6.07, 6.45) is 0. The standard InChI is InChI=1S/C5H8N4O2/c1-6-4(10)3-5(11-2)8-9-7-3/h1-2H3,(H,6,10)(H,7,8,9). The maximum Gasteiger partial charge on any atom is 0.274 e. The van der Waals surface area contributed by atoms with E-state index in [0.29, 0.717) is 0 Å². The van der Waals surface area contributed by atoms with Crippen LogP contribution < -0.4 is 10.1 Å². The Bertz CT molecular complexity index is 257. The van der Waals surface area contributed by atoms with E-state index in [1.807, 2.05) is 0 Å². The van der Waals surface area contributed by atoms with Crippen LogP contribution in [0.5, 0.6) is 5.88 Å². The number of aromatic amines is 1. The summed E-state index contributed by atoms with van der Waals surface area (Å²) in [7, 11) is 2.94. The molecular formula is C5H8N4O2. The van der Waals surface area contributed by atoms with E-state index < -0.39 is 0 Å². The van der Waals surface area contributed by atoms with Crippen LogP contribution in [0.2, 0.25) is 0 Å². The minimum Gasteiger partial charge on any atom is -0.478 e. The van der Waals surface area contributed by atoms with Gasteiger partial charge in [0.15, 0.2) is 5.69 Å². The van der Waals surface area contributed by atoms with Gasteiger partial charge in [-0.15, -0.1) is 0 Å². The zero-order valence-electron chi connectivity index (χ0n) is 6.21. The van der Waals surface area contributed by atoms with Gasteiger partial charge in [0.2, 0.25) is 0 Å². The number of aromatic nitrogens is 3. The molecule has 0 spiro atoms. The zero-order chi connectivity index (χ0) is 8.27. The lowest BCUT2D eigenvalue weighted by Crippen LogP contribution is -2.18. The van der Waals surface area contributed by atoms with Crippen molar-refractivity contribution < 1.29 is 9.53 Å². The van der Waals surface area contributed by atoms with Gasteiger partial charge >= 0.3 is 0 Å². The van der Waals surface area contributed by atoms with Gasteiger partial charge in [0, 0.05) is 7.05 Å². The molecule has 0 fully saturated rings. The second-order valence-corrected chi connectivity index (χ2v) is 1.78. The smallest absolute Gasteiger partial charge is 0.274 e. The number of ether oxygens (including phenoxy) is 1. The van der Waals surface area contributed by atoms with Crippen LogP contribution in [-0.4, -0.2) is 35.5 Å². The summed E-state index contributed by atoms with van der Waals surface area (Å²) in [5.74, 6) is -0.101. The first-order chi connectivity index (χ1) is 5.29. The van der Waals surface area contributed by atoms with Crippen molar-refractivity contribution in [3.8, 4) is 5.88 Å². The average molecular weight is 156 g/mol. The van der Waals surface area contributed by atoms with Gasteiger partial charge in [0.1, 0.15) is 0 Å². The lowest BCUT2D eigenvalue weighted by Gasteiger charge is -1.96. The van der Waals surface area contributed by atoms with E-state index >= 15 is 0 Å². The van der Waals surface area contributed by atoms with Crippen molar-refractivity contribution in [1.82, 2.24) is 20.7 Å². The molecule has 0 saturated heterocycles. The Morgan fingerprint density at radius 2 is 2.45 bits per heavy atom. The van der Waals surface area contributed by atoms with E-state index in [9.17, 15) is 4.79 Å². The number of carbonyl (C=O) groups is 1. The van der Waals surface area contributed by atoms with Gasteiger partial charge in [0.25, 0.3) is 11.8 Å². The van der Waals surface area contributed by atoms with Gasteiger partial charge in [-0.25, -0.2) is 5.10 Å². The molecule has 0 bridgehead atoms. The molecule has 1 heterocycles. The van der Waals surface area contributed by atoms with E-state index in [2.05, 4.69) is 20.7 Å². The van der Waals surface area contributed by atoms with Gasteiger partial charge in [-0.05, 0) is 0 Å². The summed E-state index contributed by atoms with van der Waals surface area (Å²) in [4.78, 5) is 11.0. The number of nitrogens with one attached hydrogen (secondary N) is 2. The maximum absolute atomic E-state index is 11.0. The molecule has 0 unspecified atom stereocenters. The summed E-state index contributed by atoms with van der Waals surface area (Å²) < 4.78 is 4.74. The molecule has 0 atom stereocenters. The Morgan fingerprint density at radius 1 is 1.73 bits per heavy atom. The van der Waals surface area contributed by atoms with E-state index in [0.717, 1.165) is 0 Å². The minimum absolute atomic E-state index is 0.198. The first kappa shape index (κ1) is 7.52. The van der Waals surface area contributed by atoms with Crippen LogP contribution in [0.25, 0.3) is 0 Å². The Morgan fingerprint density at radius 3 is 3.00 bits per heavy atom. The molecule has 1 amide bonds. The number of rotatable bonds is 2. The molecule has 1 aromatic rings. The Hall–Kier alpha value is -1.59. The summed E-state index contributed by atoms with van der Waals surface area (Å²) in [6, 6.07) is 0. The maximum atomic E-state index is 11.0. The molecular weight excluding hydrogens is 148 g/mol. The fourth-order valence-electron chi connectivity index (χ4n) is 0.634. The van der Waals surface area contributed by atoms with Crippen LogP contribution >= 0.6 is 0 Å². The average Bonchev–Trinajstić information content (AvgIpc) is 2.50. The largest absolute Gasteiger partial charge is 0.478 e. The highest BCUT2D eigenvalue weighted by atomic mass is 16.5. The molecule has 0 saturated carbocycles.